The molecule has 8 heteroatoms. The molecule has 0 atom stereocenters. The van der Waals surface area contributed by atoms with Crippen LogP contribution in [0.2, 0.25) is 0 Å². The Morgan fingerprint density at radius 1 is 1.09 bits per heavy atom. The van der Waals surface area contributed by atoms with E-state index in [0.29, 0.717) is 23.6 Å². The highest BCUT2D eigenvalue weighted by Gasteiger charge is 2.21. The molecule has 3 rings (SSSR count). The summed E-state index contributed by atoms with van der Waals surface area (Å²) >= 11 is 0. The van der Waals surface area contributed by atoms with Crippen LogP contribution in [0, 0.1) is 17.5 Å². The minimum atomic E-state index is -1.35. The number of benzene rings is 1. The van der Waals surface area contributed by atoms with Crippen molar-refractivity contribution in [1.29, 1.82) is 0 Å². The Labute approximate surface area is 130 Å². The van der Waals surface area contributed by atoms with E-state index in [9.17, 15) is 18.0 Å². The summed E-state index contributed by atoms with van der Waals surface area (Å²) < 4.78 is 39.8. The maximum absolute atomic E-state index is 13.7. The minimum Gasteiger partial charge on any atom is -0.355 e. The summed E-state index contributed by atoms with van der Waals surface area (Å²) in [5.74, 6) is -4.15. The SMILES string of the molecule is O=C(Nc1cncnc1N1CCCC1)c1cc(F)c(F)cc1F. The van der Waals surface area contributed by atoms with Crippen molar-refractivity contribution >= 4 is 17.4 Å². The van der Waals surface area contributed by atoms with E-state index in [-0.39, 0.29) is 0 Å². The first kappa shape index (κ1) is 15.3. The van der Waals surface area contributed by atoms with Gasteiger partial charge in [-0.15, -0.1) is 0 Å². The van der Waals surface area contributed by atoms with Crippen LogP contribution in [0.15, 0.2) is 24.7 Å². The Hall–Kier alpha value is -2.64. The van der Waals surface area contributed by atoms with Crippen molar-refractivity contribution in [3.05, 3.63) is 47.7 Å². The van der Waals surface area contributed by atoms with E-state index in [1.165, 1.54) is 12.5 Å². The third kappa shape index (κ3) is 3.10. The van der Waals surface area contributed by atoms with Crippen LogP contribution in [0.4, 0.5) is 24.7 Å². The first-order valence-corrected chi connectivity index (χ1v) is 7.07. The van der Waals surface area contributed by atoms with Gasteiger partial charge in [0.25, 0.3) is 5.91 Å². The molecule has 1 aromatic heterocycles. The molecule has 120 valence electrons. The first-order valence-electron chi connectivity index (χ1n) is 7.07. The van der Waals surface area contributed by atoms with E-state index >= 15 is 0 Å². The van der Waals surface area contributed by atoms with Gasteiger partial charge in [0.1, 0.15) is 17.8 Å². The van der Waals surface area contributed by atoms with Crippen LogP contribution in [0.5, 0.6) is 0 Å². The number of anilines is 2. The summed E-state index contributed by atoms with van der Waals surface area (Å²) in [6, 6.07) is 0.868. The Kier molecular flexibility index (Phi) is 4.14. The average Bonchev–Trinajstić information content (AvgIpc) is 3.05. The van der Waals surface area contributed by atoms with Gasteiger partial charge in [0.05, 0.1) is 11.8 Å². The number of halogens is 3. The Balaban J connectivity index is 1.88. The molecule has 0 bridgehead atoms. The number of amides is 1. The van der Waals surface area contributed by atoms with Crippen LogP contribution in [-0.2, 0) is 0 Å². The highest BCUT2D eigenvalue weighted by atomic mass is 19.2. The molecule has 0 spiro atoms. The van der Waals surface area contributed by atoms with Crippen LogP contribution in [0.3, 0.4) is 0 Å². The quantitative estimate of drug-likeness (QED) is 0.883. The van der Waals surface area contributed by atoms with Gasteiger partial charge in [0.2, 0.25) is 0 Å². The largest absolute Gasteiger partial charge is 0.355 e. The van der Waals surface area contributed by atoms with Crippen LogP contribution in [0.25, 0.3) is 0 Å². The molecule has 1 fully saturated rings. The highest BCUT2D eigenvalue weighted by molar-refractivity contribution is 6.05. The van der Waals surface area contributed by atoms with Gasteiger partial charge in [-0.25, -0.2) is 23.1 Å². The maximum atomic E-state index is 13.7. The second-order valence-corrected chi connectivity index (χ2v) is 5.15. The number of rotatable bonds is 3. The fourth-order valence-electron chi connectivity index (χ4n) is 2.48. The summed E-state index contributed by atoms with van der Waals surface area (Å²) in [5, 5.41) is 2.46. The van der Waals surface area contributed by atoms with Crippen LogP contribution < -0.4 is 10.2 Å². The number of hydrogen-bond acceptors (Lipinski definition) is 4. The van der Waals surface area contributed by atoms with Crippen molar-refractivity contribution < 1.29 is 18.0 Å². The number of nitrogens with zero attached hydrogens (tertiary/aromatic N) is 3. The molecule has 5 nitrogen and oxygen atoms in total. The van der Waals surface area contributed by atoms with E-state index < -0.39 is 28.9 Å². The van der Waals surface area contributed by atoms with Crippen molar-refractivity contribution in [1.82, 2.24) is 9.97 Å². The van der Waals surface area contributed by atoms with E-state index in [1.54, 1.807) is 0 Å². The van der Waals surface area contributed by atoms with Crippen LogP contribution in [0.1, 0.15) is 23.2 Å². The number of hydrogen-bond donors (Lipinski definition) is 1. The van der Waals surface area contributed by atoms with Crippen molar-refractivity contribution in [2.45, 2.75) is 12.8 Å². The second kappa shape index (κ2) is 6.23. The lowest BCUT2D eigenvalue weighted by molar-refractivity contribution is 0.102. The summed E-state index contributed by atoms with van der Waals surface area (Å²) in [5.41, 5.74) is -0.288. The molecule has 1 aromatic carbocycles. The molecule has 1 saturated heterocycles. The highest BCUT2D eigenvalue weighted by Crippen LogP contribution is 2.26. The standard InChI is InChI=1S/C15H13F3N4O/c16-10-6-12(18)11(17)5-9(10)15(23)21-13-7-19-8-20-14(13)22-3-1-2-4-22/h5-8H,1-4H2,(H,21,23). The third-order valence-corrected chi connectivity index (χ3v) is 3.60. The van der Waals surface area contributed by atoms with Crippen molar-refractivity contribution in [2.75, 3.05) is 23.3 Å². The maximum Gasteiger partial charge on any atom is 0.258 e. The van der Waals surface area contributed by atoms with E-state index in [2.05, 4.69) is 15.3 Å². The van der Waals surface area contributed by atoms with Crippen molar-refractivity contribution in [3.63, 3.8) is 0 Å². The second-order valence-electron chi connectivity index (χ2n) is 5.15. The molecule has 1 amide bonds. The lowest BCUT2D eigenvalue weighted by Gasteiger charge is -2.19. The van der Waals surface area contributed by atoms with Crippen molar-refractivity contribution in [2.24, 2.45) is 0 Å². The average molecular weight is 322 g/mol. The molecule has 2 heterocycles. The summed E-state index contributed by atoms with van der Waals surface area (Å²) in [4.78, 5) is 22.1. The fourth-order valence-corrected chi connectivity index (χ4v) is 2.48. The molecular formula is C15H13F3N4O. The first-order chi connectivity index (χ1) is 11.1. The summed E-state index contributed by atoms with van der Waals surface area (Å²) in [6.45, 7) is 1.58. The molecule has 2 aromatic rings. The number of carbonyl (C=O) groups is 1. The topological polar surface area (TPSA) is 58.1 Å². The van der Waals surface area contributed by atoms with Crippen LogP contribution in [-0.4, -0.2) is 29.0 Å². The van der Waals surface area contributed by atoms with Gasteiger partial charge in [-0.3, -0.25) is 4.79 Å². The Bertz CT molecular complexity index is 747. The minimum absolute atomic E-state index is 0.295. The van der Waals surface area contributed by atoms with E-state index in [1.807, 2.05) is 4.90 Å². The van der Waals surface area contributed by atoms with Gasteiger partial charge in [-0.1, -0.05) is 0 Å². The third-order valence-electron chi connectivity index (χ3n) is 3.60. The number of carbonyl (C=O) groups excluding carboxylic acids is 1. The van der Waals surface area contributed by atoms with Gasteiger partial charge in [0.15, 0.2) is 17.5 Å². The molecular weight excluding hydrogens is 309 g/mol. The molecule has 0 unspecified atom stereocenters. The van der Waals surface area contributed by atoms with Gasteiger partial charge >= 0.3 is 0 Å². The molecule has 1 N–H and O–H groups in total. The fraction of sp³-hybridized carbons (Fsp3) is 0.267. The zero-order chi connectivity index (χ0) is 16.4. The molecule has 0 aliphatic carbocycles. The zero-order valence-electron chi connectivity index (χ0n) is 12.0. The summed E-state index contributed by atoms with van der Waals surface area (Å²) in [7, 11) is 0. The van der Waals surface area contributed by atoms with Gasteiger partial charge in [0, 0.05) is 19.2 Å². The van der Waals surface area contributed by atoms with Gasteiger partial charge in [-0.05, 0) is 18.9 Å². The van der Waals surface area contributed by atoms with Crippen molar-refractivity contribution in [3.8, 4) is 0 Å². The number of aromatic nitrogens is 2. The van der Waals surface area contributed by atoms with Crippen LogP contribution >= 0.6 is 0 Å². The zero-order valence-corrected chi connectivity index (χ0v) is 12.0. The van der Waals surface area contributed by atoms with Gasteiger partial charge < -0.3 is 10.2 Å². The smallest absolute Gasteiger partial charge is 0.258 e. The molecule has 0 radical (unpaired) electrons. The molecule has 1 aliphatic heterocycles. The van der Waals surface area contributed by atoms with E-state index in [0.717, 1.165) is 25.9 Å². The molecule has 23 heavy (non-hydrogen) atoms. The predicted molar refractivity (Wildman–Crippen MR) is 77.7 cm³/mol. The number of nitrogens with one attached hydrogen (secondary N) is 1. The van der Waals surface area contributed by atoms with E-state index in [4.69, 9.17) is 0 Å². The monoisotopic (exact) mass is 322 g/mol. The summed E-state index contributed by atoms with van der Waals surface area (Å²) in [6.07, 6.45) is 4.75. The van der Waals surface area contributed by atoms with Gasteiger partial charge in [-0.2, -0.15) is 0 Å². The lowest BCUT2D eigenvalue weighted by atomic mass is 10.2. The lowest BCUT2D eigenvalue weighted by Crippen LogP contribution is -2.23. The Morgan fingerprint density at radius 3 is 2.52 bits per heavy atom. The molecule has 1 aliphatic rings. The molecule has 0 saturated carbocycles. The predicted octanol–water partition coefficient (Wildman–Crippen LogP) is 2.75. The Morgan fingerprint density at radius 2 is 1.78 bits per heavy atom. The normalized spacial score (nSPS) is 14.1.